The fraction of sp³-hybridized carbons (Fsp3) is 0.667. The molecule has 0 radical (unpaired) electrons. The Hall–Kier alpha value is -0.900. The van der Waals surface area contributed by atoms with Crippen LogP contribution in [0.3, 0.4) is 0 Å². The third-order valence-corrected chi connectivity index (χ3v) is 4.88. The predicted octanol–water partition coefficient (Wildman–Crippen LogP) is 2.75. The summed E-state index contributed by atoms with van der Waals surface area (Å²) < 4.78 is 0. The van der Waals surface area contributed by atoms with Gasteiger partial charge in [0.15, 0.2) is 0 Å². The minimum Gasteiger partial charge on any atom is -0.396 e. The van der Waals surface area contributed by atoms with E-state index in [4.69, 9.17) is 5.73 Å². The standard InChI is InChI=1S/C18H30N2O/c1-12-8-13(2)18(14(3)9-12)17(10-19)20-16-7-5-4-6-15(16)11-21/h8-9,15-17,20-21H,4-7,10-11,19H2,1-3H3. The zero-order valence-electron chi connectivity index (χ0n) is 13.7. The highest BCUT2D eigenvalue weighted by molar-refractivity contribution is 5.40. The fourth-order valence-electron chi connectivity index (χ4n) is 3.91. The Kier molecular flexibility index (Phi) is 5.80. The average molecular weight is 290 g/mol. The highest BCUT2D eigenvalue weighted by atomic mass is 16.3. The van der Waals surface area contributed by atoms with E-state index in [-0.39, 0.29) is 12.6 Å². The SMILES string of the molecule is Cc1cc(C)c(C(CN)NC2CCCCC2CO)c(C)c1. The van der Waals surface area contributed by atoms with Crippen LogP contribution in [0.15, 0.2) is 12.1 Å². The van der Waals surface area contributed by atoms with Crippen LogP contribution in [0.5, 0.6) is 0 Å². The lowest BCUT2D eigenvalue weighted by Crippen LogP contribution is -2.44. The topological polar surface area (TPSA) is 58.3 Å². The second-order valence-electron chi connectivity index (χ2n) is 6.60. The molecule has 3 unspecified atom stereocenters. The van der Waals surface area contributed by atoms with Gasteiger partial charge >= 0.3 is 0 Å². The molecule has 0 amide bonds. The molecule has 3 nitrogen and oxygen atoms in total. The number of nitrogens with one attached hydrogen (secondary N) is 1. The van der Waals surface area contributed by atoms with E-state index in [2.05, 4.69) is 38.2 Å². The molecule has 118 valence electrons. The molecule has 0 aliphatic heterocycles. The lowest BCUT2D eigenvalue weighted by atomic mass is 9.83. The smallest absolute Gasteiger partial charge is 0.0474 e. The Balaban J connectivity index is 2.20. The summed E-state index contributed by atoms with van der Waals surface area (Å²) in [6.07, 6.45) is 4.75. The van der Waals surface area contributed by atoms with E-state index in [1.54, 1.807) is 0 Å². The molecule has 21 heavy (non-hydrogen) atoms. The molecular formula is C18H30N2O. The van der Waals surface area contributed by atoms with E-state index in [1.165, 1.54) is 35.1 Å². The first-order valence-corrected chi connectivity index (χ1v) is 8.21. The van der Waals surface area contributed by atoms with Crippen molar-refractivity contribution in [1.82, 2.24) is 5.32 Å². The molecule has 0 spiro atoms. The average Bonchev–Trinajstić information content (AvgIpc) is 2.45. The van der Waals surface area contributed by atoms with Gasteiger partial charge in [0.1, 0.15) is 0 Å². The van der Waals surface area contributed by atoms with Gasteiger partial charge in [-0.05, 0) is 56.2 Å². The zero-order chi connectivity index (χ0) is 15.4. The molecule has 1 aromatic carbocycles. The van der Waals surface area contributed by atoms with Gasteiger partial charge in [-0.25, -0.2) is 0 Å². The maximum Gasteiger partial charge on any atom is 0.0474 e. The largest absolute Gasteiger partial charge is 0.396 e. The van der Waals surface area contributed by atoms with Crippen LogP contribution in [0.4, 0.5) is 0 Å². The summed E-state index contributed by atoms with van der Waals surface area (Å²) in [5, 5.41) is 13.3. The van der Waals surface area contributed by atoms with Gasteiger partial charge in [-0.3, -0.25) is 0 Å². The molecule has 3 heteroatoms. The minimum atomic E-state index is 0.183. The van der Waals surface area contributed by atoms with Crippen molar-refractivity contribution >= 4 is 0 Å². The first-order valence-electron chi connectivity index (χ1n) is 8.21. The molecular weight excluding hydrogens is 260 g/mol. The number of hydrogen-bond acceptors (Lipinski definition) is 3. The highest BCUT2D eigenvalue weighted by Crippen LogP contribution is 2.29. The lowest BCUT2D eigenvalue weighted by molar-refractivity contribution is 0.146. The van der Waals surface area contributed by atoms with Crippen molar-refractivity contribution in [3.8, 4) is 0 Å². The van der Waals surface area contributed by atoms with E-state index >= 15 is 0 Å². The Morgan fingerprint density at radius 1 is 1.19 bits per heavy atom. The predicted molar refractivity (Wildman–Crippen MR) is 88.4 cm³/mol. The second kappa shape index (κ2) is 7.39. The van der Waals surface area contributed by atoms with Gasteiger partial charge in [0.05, 0.1) is 0 Å². The molecule has 0 saturated heterocycles. The monoisotopic (exact) mass is 290 g/mol. The van der Waals surface area contributed by atoms with Crippen LogP contribution >= 0.6 is 0 Å². The summed E-state index contributed by atoms with van der Waals surface area (Å²) in [5.74, 6) is 0.374. The van der Waals surface area contributed by atoms with Gasteiger partial charge in [-0.15, -0.1) is 0 Å². The van der Waals surface area contributed by atoms with E-state index in [0.29, 0.717) is 18.5 Å². The third-order valence-electron chi connectivity index (χ3n) is 4.88. The molecule has 3 atom stereocenters. The number of rotatable bonds is 5. The first kappa shape index (κ1) is 16.5. The van der Waals surface area contributed by atoms with Crippen LogP contribution in [0.25, 0.3) is 0 Å². The molecule has 1 aliphatic rings. The van der Waals surface area contributed by atoms with Crippen molar-refractivity contribution in [1.29, 1.82) is 0 Å². The van der Waals surface area contributed by atoms with Gasteiger partial charge in [-0.1, -0.05) is 30.5 Å². The van der Waals surface area contributed by atoms with Gasteiger partial charge < -0.3 is 16.2 Å². The Morgan fingerprint density at radius 2 is 1.81 bits per heavy atom. The molecule has 0 bridgehead atoms. The van der Waals surface area contributed by atoms with Crippen molar-refractivity contribution in [3.05, 3.63) is 34.4 Å². The van der Waals surface area contributed by atoms with Crippen molar-refractivity contribution in [2.75, 3.05) is 13.2 Å². The summed E-state index contributed by atoms with van der Waals surface area (Å²) in [4.78, 5) is 0. The number of aliphatic hydroxyl groups excluding tert-OH is 1. The van der Waals surface area contributed by atoms with Gasteiger partial charge in [-0.2, -0.15) is 0 Å². The van der Waals surface area contributed by atoms with Crippen molar-refractivity contribution in [2.24, 2.45) is 11.7 Å². The van der Waals surface area contributed by atoms with Gasteiger partial charge in [0, 0.05) is 25.2 Å². The Labute approximate surface area is 128 Å². The Bertz CT molecular complexity index is 449. The van der Waals surface area contributed by atoms with Gasteiger partial charge in [0.2, 0.25) is 0 Å². The van der Waals surface area contributed by atoms with E-state index in [0.717, 1.165) is 12.8 Å². The van der Waals surface area contributed by atoms with Crippen molar-refractivity contribution in [2.45, 2.75) is 58.5 Å². The quantitative estimate of drug-likeness (QED) is 0.781. The van der Waals surface area contributed by atoms with Gasteiger partial charge in [0.25, 0.3) is 0 Å². The number of benzene rings is 1. The minimum absolute atomic E-state index is 0.183. The molecule has 1 aliphatic carbocycles. The third kappa shape index (κ3) is 3.85. The number of aryl methyl sites for hydroxylation is 3. The van der Waals surface area contributed by atoms with Crippen LogP contribution in [0.2, 0.25) is 0 Å². The summed E-state index contributed by atoms with van der Waals surface area (Å²) >= 11 is 0. The molecule has 0 aromatic heterocycles. The molecule has 1 saturated carbocycles. The Morgan fingerprint density at radius 3 is 2.38 bits per heavy atom. The summed E-state index contributed by atoms with van der Waals surface area (Å²) in [7, 11) is 0. The van der Waals surface area contributed by atoms with Crippen LogP contribution in [0, 0.1) is 26.7 Å². The zero-order valence-corrected chi connectivity index (χ0v) is 13.7. The molecule has 1 fully saturated rings. The molecule has 0 heterocycles. The normalized spacial score (nSPS) is 24.0. The van der Waals surface area contributed by atoms with E-state index in [1.807, 2.05) is 0 Å². The molecule has 2 rings (SSSR count). The van der Waals surface area contributed by atoms with E-state index < -0.39 is 0 Å². The second-order valence-corrected chi connectivity index (χ2v) is 6.60. The van der Waals surface area contributed by atoms with Crippen molar-refractivity contribution in [3.63, 3.8) is 0 Å². The van der Waals surface area contributed by atoms with Crippen molar-refractivity contribution < 1.29 is 5.11 Å². The number of nitrogens with two attached hydrogens (primary N) is 1. The maximum atomic E-state index is 9.59. The van der Waals surface area contributed by atoms with E-state index in [9.17, 15) is 5.11 Å². The van der Waals surface area contributed by atoms with Crippen LogP contribution in [0.1, 0.15) is 54.0 Å². The van der Waals surface area contributed by atoms with Crippen LogP contribution in [-0.4, -0.2) is 24.3 Å². The molecule has 1 aromatic rings. The molecule has 4 N–H and O–H groups in total. The highest BCUT2D eigenvalue weighted by Gasteiger charge is 2.27. The van der Waals surface area contributed by atoms with Crippen LogP contribution in [-0.2, 0) is 0 Å². The number of aliphatic hydroxyl groups is 1. The van der Waals surface area contributed by atoms with Crippen LogP contribution < -0.4 is 11.1 Å². The fourth-order valence-corrected chi connectivity index (χ4v) is 3.91. The lowest BCUT2D eigenvalue weighted by Gasteiger charge is -2.35. The summed E-state index contributed by atoms with van der Waals surface area (Å²) in [5.41, 5.74) is 11.3. The maximum absolute atomic E-state index is 9.59. The number of hydrogen-bond donors (Lipinski definition) is 3. The first-order chi connectivity index (χ1) is 10.1. The summed E-state index contributed by atoms with van der Waals surface area (Å²) in [6, 6.07) is 5.04. The summed E-state index contributed by atoms with van der Waals surface area (Å²) in [6.45, 7) is 7.35.